The van der Waals surface area contributed by atoms with Crippen molar-refractivity contribution in [2.75, 3.05) is 12.4 Å². The van der Waals surface area contributed by atoms with Gasteiger partial charge >= 0.3 is 0 Å². The first-order valence-electron chi connectivity index (χ1n) is 5.37. The van der Waals surface area contributed by atoms with Gasteiger partial charge in [-0.3, -0.25) is 0 Å². The van der Waals surface area contributed by atoms with Crippen LogP contribution in [-0.2, 0) is 9.84 Å². The molecule has 0 bridgehead atoms. The topological polar surface area (TPSA) is 87.0 Å². The van der Waals surface area contributed by atoms with Crippen LogP contribution in [0.2, 0.25) is 10.0 Å². The summed E-state index contributed by atoms with van der Waals surface area (Å²) in [5, 5.41) is 20.5. The summed E-state index contributed by atoms with van der Waals surface area (Å²) in [6.45, 7) is 0.741. The van der Waals surface area contributed by atoms with E-state index in [2.05, 4.69) is 5.16 Å². The lowest BCUT2D eigenvalue weighted by molar-refractivity contribution is 0.296. The SMILES string of the molecule is CCS(=O)(=O)[C@@H](CO)/C(=N/O)c1ccc(Cl)cc1Cl. The summed E-state index contributed by atoms with van der Waals surface area (Å²) < 4.78 is 23.7. The molecule has 2 N–H and O–H groups in total. The van der Waals surface area contributed by atoms with E-state index in [0.29, 0.717) is 5.02 Å². The maximum atomic E-state index is 11.9. The summed E-state index contributed by atoms with van der Waals surface area (Å²) >= 11 is 11.7. The molecule has 0 radical (unpaired) electrons. The Bertz CT molecular complexity index is 586. The first-order valence-corrected chi connectivity index (χ1v) is 7.84. The lowest BCUT2D eigenvalue weighted by atomic mass is 10.1. The molecule has 106 valence electrons. The molecule has 0 saturated heterocycles. The summed E-state index contributed by atoms with van der Waals surface area (Å²) in [5.41, 5.74) is 0.00987. The van der Waals surface area contributed by atoms with Crippen molar-refractivity contribution in [1.82, 2.24) is 0 Å². The van der Waals surface area contributed by atoms with Gasteiger partial charge < -0.3 is 10.3 Å². The minimum absolute atomic E-state index is 0.144. The largest absolute Gasteiger partial charge is 0.411 e. The summed E-state index contributed by atoms with van der Waals surface area (Å²) in [7, 11) is -3.63. The zero-order valence-corrected chi connectivity index (χ0v) is 12.4. The monoisotopic (exact) mass is 325 g/mol. The number of sulfone groups is 1. The van der Waals surface area contributed by atoms with Gasteiger partial charge in [0, 0.05) is 16.3 Å². The van der Waals surface area contributed by atoms with Gasteiger partial charge in [0.2, 0.25) is 0 Å². The number of halogens is 2. The zero-order chi connectivity index (χ0) is 14.6. The smallest absolute Gasteiger partial charge is 0.161 e. The van der Waals surface area contributed by atoms with Crippen molar-refractivity contribution in [1.29, 1.82) is 0 Å². The molecule has 0 aliphatic heterocycles. The maximum absolute atomic E-state index is 11.9. The maximum Gasteiger partial charge on any atom is 0.161 e. The number of benzene rings is 1. The van der Waals surface area contributed by atoms with Crippen molar-refractivity contribution in [2.24, 2.45) is 5.16 Å². The zero-order valence-electron chi connectivity index (χ0n) is 10.0. The molecule has 1 rings (SSSR count). The van der Waals surface area contributed by atoms with Crippen molar-refractivity contribution < 1.29 is 18.7 Å². The van der Waals surface area contributed by atoms with Crippen LogP contribution in [0.1, 0.15) is 12.5 Å². The average Bonchev–Trinajstić information content (AvgIpc) is 2.36. The third-order valence-electron chi connectivity index (χ3n) is 2.62. The van der Waals surface area contributed by atoms with Crippen LogP contribution in [0.3, 0.4) is 0 Å². The normalized spacial score (nSPS) is 14.4. The highest BCUT2D eigenvalue weighted by atomic mass is 35.5. The Balaban J connectivity index is 3.35. The van der Waals surface area contributed by atoms with Crippen molar-refractivity contribution in [2.45, 2.75) is 12.2 Å². The van der Waals surface area contributed by atoms with Crippen molar-refractivity contribution in [3.63, 3.8) is 0 Å². The Morgan fingerprint density at radius 1 is 1.42 bits per heavy atom. The van der Waals surface area contributed by atoms with Crippen molar-refractivity contribution >= 4 is 38.8 Å². The van der Waals surface area contributed by atoms with E-state index in [-0.39, 0.29) is 22.1 Å². The molecule has 0 fully saturated rings. The molecule has 0 aliphatic rings. The molecule has 5 nitrogen and oxygen atoms in total. The highest BCUT2D eigenvalue weighted by Crippen LogP contribution is 2.24. The van der Waals surface area contributed by atoms with E-state index in [0.717, 1.165) is 0 Å². The first-order chi connectivity index (χ1) is 8.87. The predicted octanol–water partition coefficient (Wildman–Crippen LogP) is 1.97. The van der Waals surface area contributed by atoms with Crippen LogP contribution in [0.25, 0.3) is 0 Å². The fourth-order valence-electron chi connectivity index (χ4n) is 1.56. The quantitative estimate of drug-likeness (QED) is 0.492. The van der Waals surface area contributed by atoms with Crippen LogP contribution >= 0.6 is 23.2 Å². The van der Waals surface area contributed by atoms with Gasteiger partial charge in [0.15, 0.2) is 9.84 Å². The van der Waals surface area contributed by atoms with Gasteiger partial charge in [0.05, 0.1) is 11.6 Å². The van der Waals surface area contributed by atoms with Crippen LogP contribution in [0.5, 0.6) is 0 Å². The van der Waals surface area contributed by atoms with Crippen LogP contribution in [0, 0.1) is 0 Å². The molecule has 0 aliphatic carbocycles. The summed E-state index contributed by atoms with van der Waals surface area (Å²) in [6, 6.07) is 4.32. The highest BCUT2D eigenvalue weighted by molar-refractivity contribution is 7.92. The van der Waals surface area contributed by atoms with Crippen molar-refractivity contribution in [3.8, 4) is 0 Å². The molecule has 0 unspecified atom stereocenters. The number of hydrogen-bond acceptors (Lipinski definition) is 5. The Hall–Kier alpha value is -0.820. The van der Waals surface area contributed by atoms with Gasteiger partial charge in [-0.2, -0.15) is 0 Å². The molecule has 0 spiro atoms. The van der Waals surface area contributed by atoms with E-state index in [1.165, 1.54) is 25.1 Å². The van der Waals surface area contributed by atoms with Crippen LogP contribution in [0.15, 0.2) is 23.4 Å². The number of aliphatic hydroxyl groups is 1. The van der Waals surface area contributed by atoms with Gasteiger partial charge in [-0.25, -0.2) is 8.42 Å². The standard InChI is InChI=1S/C11H13Cl2NO4S/c1-2-19(17,18)10(6-15)11(14-16)8-4-3-7(12)5-9(8)13/h3-5,10,15-16H,2,6H2,1H3/b14-11+/t10-/m0/s1. The van der Waals surface area contributed by atoms with Crippen LogP contribution in [0.4, 0.5) is 0 Å². The highest BCUT2D eigenvalue weighted by Gasteiger charge is 2.31. The van der Waals surface area contributed by atoms with Gasteiger partial charge in [-0.05, 0) is 18.2 Å². The van der Waals surface area contributed by atoms with E-state index >= 15 is 0 Å². The summed E-state index contributed by atoms with van der Waals surface area (Å²) in [4.78, 5) is 0. The minimum Gasteiger partial charge on any atom is -0.411 e. The molecular formula is C11H13Cl2NO4S. The van der Waals surface area contributed by atoms with E-state index in [4.69, 9.17) is 28.4 Å². The Labute approximate surface area is 121 Å². The van der Waals surface area contributed by atoms with Crippen LogP contribution < -0.4 is 0 Å². The molecule has 1 aromatic carbocycles. The molecule has 0 saturated carbocycles. The Kier molecular flexibility index (Phi) is 5.61. The molecule has 8 heteroatoms. The van der Waals surface area contributed by atoms with E-state index in [1.807, 2.05) is 0 Å². The number of oxime groups is 1. The second-order valence-corrected chi connectivity index (χ2v) is 7.05. The Morgan fingerprint density at radius 2 is 2.05 bits per heavy atom. The van der Waals surface area contributed by atoms with Gasteiger partial charge in [-0.1, -0.05) is 35.3 Å². The minimum atomic E-state index is -3.63. The van der Waals surface area contributed by atoms with E-state index in [9.17, 15) is 13.5 Å². The molecule has 0 amide bonds. The van der Waals surface area contributed by atoms with E-state index < -0.39 is 21.7 Å². The van der Waals surface area contributed by atoms with E-state index in [1.54, 1.807) is 0 Å². The number of nitrogens with zero attached hydrogens (tertiary/aromatic N) is 1. The van der Waals surface area contributed by atoms with Crippen molar-refractivity contribution in [3.05, 3.63) is 33.8 Å². The lowest BCUT2D eigenvalue weighted by Gasteiger charge is -2.16. The fraction of sp³-hybridized carbons (Fsp3) is 0.364. The van der Waals surface area contributed by atoms with Crippen LogP contribution in [-0.4, -0.2) is 42.1 Å². The van der Waals surface area contributed by atoms with Gasteiger partial charge in [0.1, 0.15) is 11.0 Å². The second-order valence-electron chi connectivity index (χ2n) is 3.73. The molecule has 19 heavy (non-hydrogen) atoms. The number of hydrogen-bond donors (Lipinski definition) is 2. The molecule has 0 heterocycles. The predicted molar refractivity (Wildman–Crippen MR) is 75.1 cm³/mol. The molecule has 1 atom stereocenters. The second kappa shape index (κ2) is 6.56. The summed E-state index contributed by atoms with van der Waals surface area (Å²) in [5.74, 6) is -0.192. The lowest BCUT2D eigenvalue weighted by Crippen LogP contribution is -2.35. The average molecular weight is 326 g/mol. The molecule has 1 aromatic rings. The first kappa shape index (κ1) is 16.2. The third-order valence-corrected chi connectivity index (χ3v) is 5.21. The van der Waals surface area contributed by atoms with Gasteiger partial charge in [0.25, 0.3) is 0 Å². The molecule has 0 aromatic heterocycles. The number of aliphatic hydroxyl groups excluding tert-OH is 1. The molecular weight excluding hydrogens is 313 g/mol. The fourth-order valence-corrected chi connectivity index (χ4v) is 3.21. The third kappa shape index (κ3) is 3.60. The Morgan fingerprint density at radius 3 is 2.47 bits per heavy atom. The summed E-state index contributed by atoms with van der Waals surface area (Å²) in [6.07, 6.45) is 0. The number of rotatable bonds is 5. The van der Waals surface area contributed by atoms with Gasteiger partial charge in [-0.15, -0.1) is 0 Å².